The van der Waals surface area contributed by atoms with Crippen molar-refractivity contribution in [3.8, 4) is 11.5 Å². The fourth-order valence-electron chi connectivity index (χ4n) is 3.00. The highest BCUT2D eigenvalue weighted by Crippen LogP contribution is 2.36. The summed E-state index contributed by atoms with van der Waals surface area (Å²) in [7, 11) is -1.61. The number of ether oxygens (including phenoxy) is 3. The molecule has 0 N–H and O–H groups in total. The second-order valence-electron chi connectivity index (χ2n) is 6.39. The van der Waals surface area contributed by atoms with Crippen molar-refractivity contribution in [3.05, 3.63) is 0 Å². The molecule has 1 heterocycles. The van der Waals surface area contributed by atoms with E-state index in [0.29, 0.717) is 12.8 Å². The van der Waals surface area contributed by atoms with Crippen LogP contribution in [0.4, 0.5) is 0 Å². The maximum Gasteiger partial charge on any atom is 0.305 e. The average Bonchev–Trinajstić information content (AvgIpc) is 2.86. The third kappa shape index (κ3) is 5.09. The summed E-state index contributed by atoms with van der Waals surface area (Å²) in [5.74, 6) is 2.47. The largest absolute Gasteiger partial charge is 0.456 e. The molecule has 24 heavy (non-hydrogen) atoms. The molecule has 0 aromatic rings. The first-order valence-corrected chi connectivity index (χ1v) is 11.4. The van der Waals surface area contributed by atoms with Gasteiger partial charge in [-0.05, 0) is 24.6 Å². The van der Waals surface area contributed by atoms with Crippen LogP contribution in [0.1, 0.15) is 54.4 Å². The Kier molecular flexibility index (Phi) is 7.49. The van der Waals surface area contributed by atoms with Crippen LogP contribution in [-0.4, -0.2) is 38.0 Å². The molecular weight excluding hydrogens is 324 g/mol. The summed E-state index contributed by atoms with van der Waals surface area (Å²) in [4.78, 5) is 22.7. The molecule has 0 radical (unpaired) electrons. The van der Waals surface area contributed by atoms with Gasteiger partial charge in [0.05, 0.1) is 0 Å². The molecule has 1 rings (SSSR count). The van der Waals surface area contributed by atoms with Crippen LogP contribution in [0.3, 0.4) is 0 Å². The normalized spacial score (nSPS) is 26.4. The number of carbonyl (C=O) groups is 2. The van der Waals surface area contributed by atoms with Gasteiger partial charge in [0.25, 0.3) is 0 Å². The standard InChI is InChI=1S/C18H30O5Si/c1-7-18(11-12-24(8-2,9-3)10-4)13-16(21-14(5)19)17(23-18)22-15(6)20/h16-17H,7-10,13H2,1-6H3/t16?,17?,18-/m0/s1. The van der Waals surface area contributed by atoms with Crippen LogP contribution in [0.2, 0.25) is 18.1 Å². The molecule has 1 saturated heterocycles. The van der Waals surface area contributed by atoms with Gasteiger partial charge >= 0.3 is 11.9 Å². The first kappa shape index (κ1) is 20.7. The van der Waals surface area contributed by atoms with E-state index in [-0.39, 0.29) is 0 Å². The van der Waals surface area contributed by atoms with Gasteiger partial charge in [0.15, 0.2) is 6.10 Å². The molecule has 6 heteroatoms. The summed E-state index contributed by atoms with van der Waals surface area (Å²) in [6, 6.07) is 3.31. The topological polar surface area (TPSA) is 61.8 Å². The van der Waals surface area contributed by atoms with Crippen molar-refractivity contribution in [1.29, 1.82) is 0 Å². The van der Waals surface area contributed by atoms with Crippen LogP contribution in [0.5, 0.6) is 0 Å². The zero-order chi connectivity index (χ0) is 18.4. The van der Waals surface area contributed by atoms with Crippen molar-refractivity contribution < 1.29 is 23.8 Å². The maximum atomic E-state index is 11.3. The van der Waals surface area contributed by atoms with Gasteiger partial charge in [-0.2, -0.15) is 0 Å². The minimum atomic E-state index is -1.61. The van der Waals surface area contributed by atoms with Crippen molar-refractivity contribution in [3.63, 3.8) is 0 Å². The molecule has 1 aliphatic heterocycles. The highest BCUT2D eigenvalue weighted by molar-refractivity contribution is 6.87. The highest BCUT2D eigenvalue weighted by atomic mass is 28.3. The lowest BCUT2D eigenvalue weighted by atomic mass is 9.97. The highest BCUT2D eigenvalue weighted by Gasteiger charge is 2.48. The number of hydrogen-bond donors (Lipinski definition) is 0. The Morgan fingerprint density at radius 1 is 1.08 bits per heavy atom. The number of rotatable bonds is 6. The molecule has 1 fully saturated rings. The van der Waals surface area contributed by atoms with E-state index in [2.05, 4.69) is 32.2 Å². The van der Waals surface area contributed by atoms with Crippen LogP contribution in [-0.2, 0) is 23.8 Å². The minimum absolute atomic E-state index is 0.417. The van der Waals surface area contributed by atoms with Gasteiger partial charge in [-0.15, -0.1) is 5.54 Å². The van der Waals surface area contributed by atoms with Gasteiger partial charge in [-0.25, -0.2) is 0 Å². The van der Waals surface area contributed by atoms with E-state index in [4.69, 9.17) is 14.2 Å². The number of carbonyl (C=O) groups excluding carboxylic acids is 2. The molecule has 0 aromatic heterocycles. The number of esters is 2. The molecule has 0 spiro atoms. The summed E-state index contributed by atoms with van der Waals surface area (Å²) in [6.07, 6.45) is -0.421. The van der Waals surface area contributed by atoms with Crippen molar-refractivity contribution in [2.75, 3.05) is 0 Å². The van der Waals surface area contributed by atoms with E-state index in [1.54, 1.807) is 0 Å². The molecule has 0 saturated carbocycles. The van der Waals surface area contributed by atoms with E-state index >= 15 is 0 Å². The van der Waals surface area contributed by atoms with Crippen LogP contribution >= 0.6 is 0 Å². The molecule has 2 unspecified atom stereocenters. The molecule has 1 aliphatic rings. The SMILES string of the molecule is CC[C@]1(C#C[Si](CC)(CC)CC)CC(OC(C)=O)C(OC(C)=O)O1. The molecular formula is C18H30O5Si. The smallest absolute Gasteiger partial charge is 0.305 e. The zero-order valence-corrected chi connectivity index (χ0v) is 16.7. The third-order valence-electron chi connectivity index (χ3n) is 4.93. The van der Waals surface area contributed by atoms with Gasteiger partial charge < -0.3 is 14.2 Å². The van der Waals surface area contributed by atoms with Gasteiger partial charge in [0.1, 0.15) is 13.7 Å². The first-order valence-electron chi connectivity index (χ1n) is 8.82. The summed E-state index contributed by atoms with van der Waals surface area (Å²) in [5, 5.41) is 0. The number of hydrogen-bond acceptors (Lipinski definition) is 5. The predicted molar refractivity (Wildman–Crippen MR) is 94.8 cm³/mol. The Bertz CT molecular complexity index is 483. The fourth-order valence-corrected chi connectivity index (χ4v) is 5.52. The van der Waals surface area contributed by atoms with Gasteiger partial charge in [0.2, 0.25) is 6.29 Å². The molecule has 0 aromatic carbocycles. The van der Waals surface area contributed by atoms with Crippen LogP contribution < -0.4 is 0 Å². The molecule has 0 aliphatic carbocycles. The molecule has 3 atom stereocenters. The van der Waals surface area contributed by atoms with E-state index in [1.807, 2.05) is 6.92 Å². The molecule has 0 bridgehead atoms. The second-order valence-corrected chi connectivity index (χ2v) is 11.3. The Hall–Kier alpha value is -1.32. The summed E-state index contributed by atoms with van der Waals surface area (Å²) >= 11 is 0. The Morgan fingerprint density at radius 2 is 1.62 bits per heavy atom. The van der Waals surface area contributed by atoms with Crippen LogP contribution in [0.15, 0.2) is 0 Å². The molecule has 5 nitrogen and oxygen atoms in total. The van der Waals surface area contributed by atoms with E-state index in [0.717, 1.165) is 18.1 Å². The van der Waals surface area contributed by atoms with Crippen LogP contribution in [0.25, 0.3) is 0 Å². The van der Waals surface area contributed by atoms with Crippen molar-refractivity contribution in [2.45, 2.75) is 90.5 Å². The quantitative estimate of drug-likeness (QED) is 0.415. The lowest BCUT2D eigenvalue weighted by molar-refractivity contribution is -0.199. The van der Waals surface area contributed by atoms with Gasteiger partial charge in [-0.1, -0.05) is 33.6 Å². The minimum Gasteiger partial charge on any atom is -0.456 e. The Morgan fingerprint density at radius 3 is 2.04 bits per heavy atom. The average molecular weight is 355 g/mol. The van der Waals surface area contributed by atoms with E-state index < -0.39 is 38.0 Å². The second kappa shape index (κ2) is 8.68. The Balaban J connectivity index is 3.09. The zero-order valence-electron chi connectivity index (χ0n) is 15.7. The Labute approximate surface area is 146 Å². The van der Waals surface area contributed by atoms with Crippen molar-refractivity contribution in [2.24, 2.45) is 0 Å². The monoisotopic (exact) mass is 354 g/mol. The lowest BCUT2D eigenvalue weighted by Crippen LogP contribution is -2.33. The fraction of sp³-hybridized carbons (Fsp3) is 0.778. The van der Waals surface area contributed by atoms with E-state index in [9.17, 15) is 9.59 Å². The van der Waals surface area contributed by atoms with E-state index in [1.165, 1.54) is 13.8 Å². The molecule has 136 valence electrons. The first-order chi connectivity index (χ1) is 11.2. The summed E-state index contributed by atoms with van der Waals surface area (Å²) in [5.41, 5.74) is 2.82. The lowest BCUT2D eigenvalue weighted by Gasteiger charge is -2.24. The van der Waals surface area contributed by atoms with Gasteiger partial charge in [-0.3, -0.25) is 9.59 Å². The van der Waals surface area contributed by atoms with Crippen molar-refractivity contribution >= 4 is 20.0 Å². The van der Waals surface area contributed by atoms with Crippen LogP contribution in [0, 0.1) is 11.5 Å². The maximum absolute atomic E-state index is 11.3. The molecule has 0 amide bonds. The predicted octanol–water partition coefficient (Wildman–Crippen LogP) is 3.43. The van der Waals surface area contributed by atoms with Gasteiger partial charge in [0, 0.05) is 20.3 Å². The summed E-state index contributed by atoms with van der Waals surface area (Å²) in [6.45, 7) is 11.2. The van der Waals surface area contributed by atoms with Crippen molar-refractivity contribution in [1.82, 2.24) is 0 Å². The summed E-state index contributed by atoms with van der Waals surface area (Å²) < 4.78 is 16.5. The third-order valence-corrected chi connectivity index (χ3v) is 9.65.